The number of anilines is 2. The Hall–Kier alpha value is -3.55. The molecule has 154 valence electrons. The highest BCUT2D eigenvalue weighted by Gasteiger charge is 2.15. The van der Waals surface area contributed by atoms with Crippen LogP contribution in [0.25, 0.3) is 0 Å². The molecular weight excluding hydrogens is 374 g/mol. The summed E-state index contributed by atoms with van der Waals surface area (Å²) >= 11 is 0. The summed E-state index contributed by atoms with van der Waals surface area (Å²) < 4.78 is 5.19. The van der Waals surface area contributed by atoms with Crippen LogP contribution in [0.3, 0.4) is 0 Å². The predicted octanol–water partition coefficient (Wildman–Crippen LogP) is 3.25. The summed E-state index contributed by atoms with van der Waals surface area (Å²) in [6, 6.07) is 13.6. The Kier molecular flexibility index (Phi) is 8.02. The van der Waals surface area contributed by atoms with Crippen molar-refractivity contribution in [2.45, 2.75) is 32.2 Å². The van der Waals surface area contributed by atoms with Gasteiger partial charge < -0.3 is 25.8 Å². The van der Waals surface area contributed by atoms with Crippen LogP contribution in [0.2, 0.25) is 0 Å². The first-order valence-electron chi connectivity index (χ1n) is 9.16. The van der Waals surface area contributed by atoms with E-state index in [0.29, 0.717) is 30.0 Å². The summed E-state index contributed by atoms with van der Waals surface area (Å²) in [5.41, 5.74) is 1.90. The first-order chi connectivity index (χ1) is 13.9. The number of nitrogens with one attached hydrogen (secondary N) is 3. The molecule has 0 aliphatic rings. The topological polar surface area (TPSA) is 117 Å². The Morgan fingerprint density at radius 3 is 2.41 bits per heavy atom. The van der Waals surface area contributed by atoms with Gasteiger partial charge in [0.2, 0.25) is 5.91 Å². The minimum atomic E-state index is -0.916. The minimum Gasteiger partial charge on any atom is -0.495 e. The van der Waals surface area contributed by atoms with Crippen LogP contribution in [0.4, 0.5) is 16.2 Å². The van der Waals surface area contributed by atoms with Gasteiger partial charge in [0.15, 0.2) is 0 Å². The van der Waals surface area contributed by atoms with Crippen LogP contribution in [-0.2, 0) is 16.0 Å². The molecule has 29 heavy (non-hydrogen) atoms. The van der Waals surface area contributed by atoms with Crippen LogP contribution >= 0.6 is 0 Å². The molecule has 2 rings (SSSR count). The first kappa shape index (κ1) is 21.7. The highest BCUT2D eigenvalue weighted by Crippen LogP contribution is 2.27. The molecule has 0 saturated carbocycles. The second kappa shape index (κ2) is 10.7. The van der Waals surface area contributed by atoms with E-state index in [-0.39, 0.29) is 18.4 Å². The van der Waals surface area contributed by atoms with E-state index >= 15 is 0 Å². The zero-order valence-corrected chi connectivity index (χ0v) is 16.4. The van der Waals surface area contributed by atoms with Gasteiger partial charge in [-0.2, -0.15) is 0 Å². The molecule has 8 nitrogen and oxygen atoms in total. The van der Waals surface area contributed by atoms with Gasteiger partial charge in [0.25, 0.3) is 0 Å². The Labute approximate surface area is 169 Å². The molecule has 0 aliphatic heterocycles. The number of carbonyl (C=O) groups is 3. The summed E-state index contributed by atoms with van der Waals surface area (Å²) in [6.07, 6.45) is 0.770. The molecule has 0 heterocycles. The average Bonchev–Trinajstić information content (AvgIpc) is 2.66. The molecule has 0 saturated heterocycles. The molecule has 0 aliphatic carbocycles. The minimum absolute atomic E-state index is 0.0486. The Bertz CT molecular complexity index is 855. The average molecular weight is 399 g/mol. The number of ether oxygens (including phenoxy) is 1. The molecule has 0 bridgehead atoms. The number of rotatable bonds is 9. The highest BCUT2D eigenvalue weighted by atomic mass is 16.5. The van der Waals surface area contributed by atoms with Gasteiger partial charge in [0, 0.05) is 25.1 Å². The quantitative estimate of drug-likeness (QED) is 0.516. The fourth-order valence-corrected chi connectivity index (χ4v) is 2.85. The molecule has 3 amide bonds. The molecule has 0 aromatic heterocycles. The van der Waals surface area contributed by atoms with Gasteiger partial charge in [0.05, 0.1) is 12.8 Å². The number of aliphatic carboxylic acids is 1. The maximum atomic E-state index is 12.5. The number of carboxylic acids is 1. The summed E-state index contributed by atoms with van der Waals surface area (Å²) in [7, 11) is 1.48. The zero-order valence-electron chi connectivity index (χ0n) is 16.4. The molecule has 1 atom stereocenters. The van der Waals surface area contributed by atoms with Crippen molar-refractivity contribution in [2.75, 3.05) is 17.7 Å². The van der Waals surface area contributed by atoms with Gasteiger partial charge in [-0.3, -0.25) is 9.59 Å². The van der Waals surface area contributed by atoms with E-state index in [4.69, 9.17) is 9.84 Å². The largest absolute Gasteiger partial charge is 0.495 e. The monoisotopic (exact) mass is 399 g/mol. The molecule has 0 fully saturated rings. The highest BCUT2D eigenvalue weighted by molar-refractivity contribution is 5.94. The normalized spacial score (nSPS) is 11.2. The Morgan fingerprint density at radius 2 is 1.79 bits per heavy atom. The van der Waals surface area contributed by atoms with E-state index in [1.54, 1.807) is 18.2 Å². The lowest BCUT2D eigenvalue weighted by Crippen LogP contribution is -2.39. The van der Waals surface area contributed by atoms with E-state index in [1.165, 1.54) is 14.0 Å². The SMILES string of the molecule is COc1ccc(NC(=O)NC(CCC(=O)O)Cc2ccccc2)cc1NC(C)=O. The van der Waals surface area contributed by atoms with Crippen LogP contribution in [0.1, 0.15) is 25.3 Å². The fraction of sp³-hybridized carbons (Fsp3) is 0.286. The smallest absolute Gasteiger partial charge is 0.319 e. The van der Waals surface area contributed by atoms with Crippen LogP contribution in [-0.4, -0.2) is 36.2 Å². The maximum absolute atomic E-state index is 12.5. The molecule has 0 spiro atoms. The lowest BCUT2D eigenvalue weighted by atomic mass is 10.0. The fourth-order valence-electron chi connectivity index (χ4n) is 2.85. The molecule has 4 N–H and O–H groups in total. The standard InChI is InChI=1S/C21H25N3O5/c1-14(25)22-18-13-17(8-10-19(18)29-2)24-21(28)23-16(9-11-20(26)27)12-15-6-4-3-5-7-15/h3-8,10,13,16H,9,11-12H2,1-2H3,(H,22,25)(H,26,27)(H2,23,24,28). The van der Waals surface area contributed by atoms with Crippen molar-refractivity contribution in [3.63, 3.8) is 0 Å². The summed E-state index contributed by atoms with van der Waals surface area (Å²) in [6.45, 7) is 1.38. The zero-order chi connectivity index (χ0) is 21.2. The third-order valence-electron chi connectivity index (χ3n) is 4.13. The Balaban J connectivity index is 2.06. The van der Waals surface area contributed by atoms with Gasteiger partial charge in [-0.1, -0.05) is 30.3 Å². The first-order valence-corrected chi connectivity index (χ1v) is 9.16. The lowest BCUT2D eigenvalue weighted by molar-refractivity contribution is -0.137. The van der Waals surface area contributed by atoms with Crippen molar-refractivity contribution in [1.82, 2.24) is 5.32 Å². The van der Waals surface area contributed by atoms with E-state index < -0.39 is 12.0 Å². The third kappa shape index (κ3) is 7.53. The number of carboxylic acid groups (broad SMARTS) is 1. The van der Waals surface area contributed by atoms with Crippen LogP contribution in [0.15, 0.2) is 48.5 Å². The van der Waals surface area contributed by atoms with Crippen molar-refractivity contribution < 1.29 is 24.2 Å². The second-order valence-electron chi connectivity index (χ2n) is 6.51. The molecule has 1 unspecified atom stereocenters. The van der Waals surface area contributed by atoms with E-state index in [0.717, 1.165) is 5.56 Å². The number of carbonyl (C=O) groups excluding carboxylic acids is 2. The molecular formula is C21H25N3O5. The summed E-state index contributed by atoms with van der Waals surface area (Å²) in [4.78, 5) is 34.7. The number of benzene rings is 2. The van der Waals surface area contributed by atoms with Gasteiger partial charge in [-0.15, -0.1) is 0 Å². The lowest BCUT2D eigenvalue weighted by Gasteiger charge is -2.19. The van der Waals surface area contributed by atoms with Gasteiger partial charge in [-0.05, 0) is 36.6 Å². The van der Waals surface area contributed by atoms with Crippen LogP contribution in [0, 0.1) is 0 Å². The van der Waals surface area contributed by atoms with Crippen LogP contribution in [0.5, 0.6) is 5.75 Å². The molecule has 0 radical (unpaired) electrons. The van der Waals surface area contributed by atoms with Crippen molar-refractivity contribution in [3.05, 3.63) is 54.1 Å². The van der Waals surface area contributed by atoms with E-state index in [2.05, 4.69) is 16.0 Å². The number of urea groups is 1. The number of amides is 3. The number of hydrogen-bond acceptors (Lipinski definition) is 4. The van der Waals surface area contributed by atoms with Crippen molar-refractivity contribution in [1.29, 1.82) is 0 Å². The van der Waals surface area contributed by atoms with Gasteiger partial charge >= 0.3 is 12.0 Å². The number of hydrogen-bond donors (Lipinski definition) is 4. The van der Waals surface area contributed by atoms with Crippen molar-refractivity contribution >= 4 is 29.3 Å². The molecule has 2 aromatic carbocycles. The van der Waals surface area contributed by atoms with E-state index in [9.17, 15) is 14.4 Å². The summed E-state index contributed by atoms with van der Waals surface area (Å²) in [5, 5.41) is 17.2. The Morgan fingerprint density at radius 1 is 1.07 bits per heavy atom. The predicted molar refractivity (Wildman–Crippen MR) is 110 cm³/mol. The molecule has 2 aromatic rings. The maximum Gasteiger partial charge on any atom is 0.319 e. The van der Waals surface area contributed by atoms with Gasteiger partial charge in [-0.25, -0.2) is 4.79 Å². The third-order valence-corrected chi connectivity index (χ3v) is 4.13. The van der Waals surface area contributed by atoms with Crippen LogP contribution < -0.4 is 20.7 Å². The van der Waals surface area contributed by atoms with Gasteiger partial charge in [0.1, 0.15) is 5.75 Å². The summed E-state index contributed by atoms with van der Waals surface area (Å²) in [5.74, 6) is -0.712. The van der Waals surface area contributed by atoms with Crippen molar-refractivity contribution in [3.8, 4) is 5.75 Å². The van der Waals surface area contributed by atoms with Crippen molar-refractivity contribution in [2.24, 2.45) is 0 Å². The number of methoxy groups -OCH3 is 1. The van der Waals surface area contributed by atoms with E-state index in [1.807, 2.05) is 30.3 Å². The molecule has 8 heteroatoms. The second-order valence-corrected chi connectivity index (χ2v) is 6.51.